The van der Waals surface area contributed by atoms with Crippen LogP contribution in [0.25, 0.3) is 21.7 Å². The number of carbonyl (C=O) groups excluding carboxylic acids is 3. The number of nitrogens with two attached hydrogens (primary N) is 1. The summed E-state index contributed by atoms with van der Waals surface area (Å²) in [6.45, 7) is 11.3. The molecular formula is C44H56F2N6O5S2. The molecule has 6 rings (SSSR count). The molecule has 0 saturated carbocycles. The number of ether oxygens (including phenoxy) is 2. The summed E-state index contributed by atoms with van der Waals surface area (Å²) in [5.74, 6) is -3.24. The van der Waals surface area contributed by atoms with Gasteiger partial charge < -0.3 is 30.3 Å². The number of unbranched alkanes of at least 4 members (excludes halogenated alkanes) is 3. The lowest BCUT2D eigenvalue weighted by molar-refractivity contribution is -0.140. The van der Waals surface area contributed by atoms with Crippen LogP contribution in [0.4, 0.5) is 13.9 Å². The number of hydrogen-bond donors (Lipinski definition) is 2. The molecule has 0 bridgehead atoms. The van der Waals surface area contributed by atoms with Crippen molar-refractivity contribution >= 4 is 45.5 Å². The van der Waals surface area contributed by atoms with E-state index < -0.39 is 34.9 Å². The maximum Gasteiger partial charge on any atom is 0.243 e. The van der Waals surface area contributed by atoms with Gasteiger partial charge in [0, 0.05) is 42.9 Å². The average Bonchev–Trinajstić information content (AvgIpc) is 4.01. The number of halogens is 2. The van der Waals surface area contributed by atoms with E-state index in [-0.39, 0.29) is 36.6 Å². The summed E-state index contributed by atoms with van der Waals surface area (Å²) >= 11 is 3.04. The molecule has 11 nitrogen and oxygen atoms in total. The predicted octanol–water partition coefficient (Wildman–Crippen LogP) is 8.46. The molecule has 2 saturated heterocycles. The van der Waals surface area contributed by atoms with Crippen molar-refractivity contribution in [2.75, 3.05) is 44.4 Å². The number of primary amides is 1. The summed E-state index contributed by atoms with van der Waals surface area (Å²) in [5.41, 5.74) is 11.2. The molecule has 0 radical (unpaired) electrons. The number of thiazole rings is 2. The number of carbonyl (C=O) groups is 3. The van der Waals surface area contributed by atoms with E-state index in [0.29, 0.717) is 56.7 Å². The number of rotatable bonds is 19. The lowest BCUT2D eigenvalue weighted by Crippen LogP contribution is -2.47. The fraction of sp³-hybridized carbons (Fsp3) is 0.523. The second kappa shape index (κ2) is 20.2. The lowest BCUT2D eigenvalue weighted by Gasteiger charge is -2.32. The molecule has 15 heteroatoms. The molecule has 0 spiro atoms. The standard InChI is InChI=1S/C44H56F2N6O5S2/c1-28(30-12-14-31(15-13-30)40-29(2)48-27-59-40)49-42(55)36-11-9-18-52(36)37(53)25-44(3,4)24-32(41(47)54)10-7-5-6-8-21-57-39-33(16-17-34(45)38(39)46)35-26-58-43(50-35)51-19-22-56-23-20-51/h12-17,26-28,32,36H,5-11,18-25H2,1-4H3,(H2,47,54)(H,49,55)/t28-,32?,36-/m0/s1. The number of aryl methyl sites for hydroxylation is 1. The van der Waals surface area contributed by atoms with E-state index in [1.807, 2.05) is 62.9 Å². The van der Waals surface area contributed by atoms with Crippen molar-refractivity contribution in [1.82, 2.24) is 20.2 Å². The maximum absolute atomic E-state index is 15.0. The van der Waals surface area contributed by atoms with Crippen LogP contribution in [0.1, 0.15) is 95.9 Å². The van der Waals surface area contributed by atoms with Gasteiger partial charge in [-0.2, -0.15) is 4.39 Å². The molecule has 0 aliphatic carbocycles. The molecule has 2 aromatic carbocycles. The molecule has 318 valence electrons. The Kier molecular flexibility index (Phi) is 15.1. The number of morpholine rings is 1. The van der Waals surface area contributed by atoms with Crippen LogP contribution >= 0.6 is 22.7 Å². The number of nitrogens with one attached hydrogen (secondary N) is 1. The van der Waals surface area contributed by atoms with Gasteiger partial charge in [-0.1, -0.05) is 57.4 Å². The number of benzene rings is 2. The van der Waals surface area contributed by atoms with E-state index in [2.05, 4.69) is 20.2 Å². The van der Waals surface area contributed by atoms with E-state index in [1.165, 1.54) is 17.4 Å². The molecule has 2 aliphatic rings. The van der Waals surface area contributed by atoms with Crippen LogP contribution in [0.3, 0.4) is 0 Å². The fourth-order valence-corrected chi connectivity index (χ4v) is 9.70. The maximum atomic E-state index is 15.0. The highest BCUT2D eigenvalue weighted by Crippen LogP contribution is 2.37. The first-order valence-electron chi connectivity index (χ1n) is 20.6. The highest BCUT2D eigenvalue weighted by Gasteiger charge is 2.38. The highest BCUT2D eigenvalue weighted by molar-refractivity contribution is 7.14. The number of likely N-dealkylation sites (tertiary alicyclic amines) is 1. The minimum Gasteiger partial charge on any atom is -0.490 e. The van der Waals surface area contributed by atoms with Crippen molar-refractivity contribution in [3.8, 4) is 27.4 Å². The number of aromatic nitrogens is 2. The summed E-state index contributed by atoms with van der Waals surface area (Å²) in [6.07, 6.45) is 5.45. The Morgan fingerprint density at radius 1 is 1.03 bits per heavy atom. The molecule has 4 heterocycles. The predicted molar refractivity (Wildman–Crippen MR) is 228 cm³/mol. The minimum absolute atomic E-state index is 0.0991. The number of hydrogen-bond acceptors (Lipinski definition) is 10. The molecule has 4 aromatic rings. The van der Waals surface area contributed by atoms with Crippen molar-refractivity contribution in [3.63, 3.8) is 0 Å². The van der Waals surface area contributed by atoms with Gasteiger partial charge in [-0.15, -0.1) is 22.7 Å². The molecule has 2 fully saturated rings. The van der Waals surface area contributed by atoms with Crippen LogP contribution in [-0.2, 0) is 19.1 Å². The Hall–Kier alpha value is -4.47. The number of amides is 3. The van der Waals surface area contributed by atoms with Gasteiger partial charge in [-0.3, -0.25) is 14.4 Å². The molecule has 1 unspecified atom stereocenters. The van der Waals surface area contributed by atoms with E-state index in [4.69, 9.17) is 15.2 Å². The van der Waals surface area contributed by atoms with Crippen LogP contribution in [-0.4, -0.2) is 78.1 Å². The molecule has 2 aliphatic heterocycles. The van der Waals surface area contributed by atoms with Crippen LogP contribution in [0.2, 0.25) is 0 Å². The van der Waals surface area contributed by atoms with Gasteiger partial charge in [0.2, 0.25) is 23.5 Å². The first-order chi connectivity index (χ1) is 28.3. The quantitative estimate of drug-likeness (QED) is 0.0897. The zero-order valence-electron chi connectivity index (χ0n) is 34.4. The Balaban J connectivity index is 0.936. The second-order valence-corrected chi connectivity index (χ2v) is 18.1. The Bertz CT molecular complexity index is 2050. The van der Waals surface area contributed by atoms with Crippen molar-refractivity contribution in [3.05, 3.63) is 70.2 Å². The van der Waals surface area contributed by atoms with Gasteiger partial charge in [-0.05, 0) is 74.6 Å². The van der Waals surface area contributed by atoms with Crippen molar-refractivity contribution in [2.45, 2.75) is 97.6 Å². The van der Waals surface area contributed by atoms with Gasteiger partial charge in [0.1, 0.15) is 6.04 Å². The summed E-state index contributed by atoms with van der Waals surface area (Å²) in [5, 5.41) is 5.75. The lowest BCUT2D eigenvalue weighted by atomic mass is 9.77. The Labute approximate surface area is 353 Å². The summed E-state index contributed by atoms with van der Waals surface area (Å²) in [6, 6.07) is 9.94. The van der Waals surface area contributed by atoms with E-state index in [9.17, 15) is 23.2 Å². The highest BCUT2D eigenvalue weighted by atomic mass is 32.1. The van der Waals surface area contributed by atoms with Gasteiger partial charge in [0.05, 0.1) is 47.6 Å². The third-order valence-electron chi connectivity index (χ3n) is 11.3. The normalized spacial score (nSPS) is 16.9. The second-order valence-electron chi connectivity index (χ2n) is 16.4. The zero-order valence-corrected chi connectivity index (χ0v) is 36.1. The van der Waals surface area contributed by atoms with E-state index in [1.54, 1.807) is 16.2 Å². The monoisotopic (exact) mass is 850 g/mol. The van der Waals surface area contributed by atoms with Crippen molar-refractivity contribution in [1.29, 1.82) is 0 Å². The zero-order chi connectivity index (χ0) is 42.1. The Morgan fingerprint density at radius 3 is 2.49 bits per heavy atom. The SMILES string of the molecule is Cc1ncsc1-c1ccc([C@H](C)NC(=O)[C@@H]2CCCN2C(=O)CC(C)(C)CC(CCCCCCOc2c(-c3csc(N4CCOCC4)n3)ccc(F)c2F)C(N)=O)cc1. The van der Waals surface area contributed by atoms with Gasteiger partial charge in [-0.25, -0.2) is 14.4 Å². The van der Waals surface area contributed by atoms with E-state index >= 15 is 0 Å². The third-order valence-corrected chi connectivity index (χ3v) is 13.2. The topological polar surface area (TPSA) is 140 Å². The Morgan fingerprint density at radius 2 is 1.78 bits per heavy atom. The summed E-state index contributed by atoms with van der Waals surface area (Å²) in [4.78, 5) is 53.7. The number of anilines is 1. The summed E-state index contributed by atoms with van der Waals surface area (Å²) < 4.78 is 40.5. The molecule has 2 aromatic heterocycles. The van der Waals surface area contributed by atoms with Crippen molar-refractivity contribution < 1.29 is 32.6 Å². The van der Waals surface area contributed by atoms with Crippen molar-refractivity contribution in [2.24, 2.45) is 17.1 Å². The molecule has 3 amide bonds. The minimum atomic E-state index is -1.04. The van der Waals surface area contributed by atoms with Crippen LogP contribution < -0.4 is 20.7 Å². The van der Waals surface area contributed by atoms with Crippen LogP contribution in [0.5, 0.6) is 5.75 Å². The summed E-state index contributed by atoms with van der Waals surface area (Å²) in [7, 11) is 0. The fourth-order valence-electron chi connectivity index (χ4n) is 8.01. The first kappa shape index (κ1) is 44.1. The van der Waals surface area contributed by atoms with Gasteiger partial charge >= 0.3 is 0 Å². The van der Waals surface area contributed by atoms with E-state index in [0.717, 1.165) is 71.7 Å². The average molecular weight is 851 g/mol. The third kappa shape index (κ3) is 11.4. The van der Waals surface area contributed by atoms with Crippen LogP contribution in [0.15, 0.2) is 47.3 Å². The van der Waals surface area contributed by atoms with Gasteiger partial charge in [0.15, 0.2) is 16.7 Å². The largest absolute Gasteiger partial charge is 0.490 e. The first-order valence-corrected chi connectivity index (χ1v) is 22.4. The van der Waals surface area contributed by atoms with Crippen LogP contribution in [0, 0.1) is 29.9 Å². The molecule has 3 atom stereocenters. The molecule has 3 N–H and O–H groups in total. The molecule has 59 heavy (non-hydrogen) atoms. The number of nitrogens with zero attached hydrogens (tertiary/aromatic N) is 4. The molecular weight excluding hydrogens is 795 g/mol. The smallest absolute Gasteiger partial charge is 0.243 e. The van der Waals surface area contributed by atoms with Gasteiger partial charge in [0.25, 0.3) is 0 Å².